The van der Waals surface area contributed by atoms with Gasteiger partial charge in [-0.3, -0.25) is 19.2 Å². The minimum absolute atomic E-state index is 0.0290. The number of amides is 1. The summed E-state index contributed by atoms with van der Waals surface area (Å²) in [5.41, 5.74) is 1.94. The van der Waals surface area contributed by atoms with Crippen LogP contribution in [0.15, 0.2) is 60.0 Å². The zero-order chi connectivity index (χ0) is 23.9. The van der Waals surface area contributed by atoms with Gasteiger partial charge in [0.1, 0.15) is 0 Å². The summed E-state index contributed by atoms with van der Waals surface area (Å²) < 4.78 is 7.58. The van der Waals surface area contributed by atoms with Gasteiger partial charge in [-0.05, 0) is 37.1 Å². The first-order valence-electron chi connectivity index (χ1n) is 12.4. The third-order valence-electron chi connectivity index (χ3n) is 7.00. The van der Waals surface area contributed by atoms with Gasteiger partial charge >= 0.3 is 0 Å². The molecule has 0 radical (unpaired) electrons. The number of rotatable bonds is 8. The Kier molecular flexibility index (Phi) is 7.75. The molecule has 0 unspecified atom stereocenters. The molecular formula is C26H32N6O2S. The topological polar surface area (TPSA) is 85.2 Å². The molecule has 8 nitrogen and oxygen atoms in total. The van der Waals surface area contributed by atoms with Crippen molar-refractivity contribution >= 4 is 17.7 Å². The summed E-state index contributed by atoms with van der Waals surface area (Å²) in [6.45, 7) is 4.15. The Morgan fingerprint density at radius 2 is 1.74 bits per heavy atom. The minimum Gasteiger partial charge on any atom is -0.379 e. The molecule has 1 aliphatic heterocycles. The normalized spacial score (nSPS) is 18.3. The van der Waals surface area contributed by atoms with Crippen molar-refractivity contribution in [2.24, 2.45) is 0 Å². The number of aromatic nitrogens is 4. The van der Waals surface area contributed by atoms with E-state index in [-0.39, 0.29) is 11.4 Å². The van der Waals surface area contributed by atoms with Crippen LogP contribution in [0.1, 0.15) is 32.1 Å². The average molecular weight is 493 g/mol. The summed E-state index contributed by atoms with van der Waals surface area (Å²) in [6.07, 6.45) is 9.49. The molecule has 3 aromatic rings. The zero-order valence-corrected chi connectivity index (χ0v) is 20.8. The Balaban J connectivity index is 1.28. The SMILES string of the molecule is O=C(CSc1nnc(-c2ccncc2)n1-c1ccccc1)NCC1(N2CCOCC2)CCCCC1. The monoisotopic (exact) mass is 492 g/mol. The van der Waals surface area contributed by atoms with E-state index < -0.39 is 0 Å². The second-order valence-corrected chi connectivity index (χ2v) is 10.1. The molecule has 1 aromatic carbocycles. The molecule has 3 heterocycles. The van der Waals surface area contributed by atoms with Gasteiger partial charge < -0.3 is 10.1 Å². The maximum Gasteiger partial charge on any atom is 0.230 e. The number of benzene rings is 1. The van der Waals surface area contributed by atoms with Crippen LogP contribution in [-0.4, -0.2) is 74.7 Å². The number of nitrogens with zero attached hydrogens (tertiary/aromatic N) is 5. The Bertz CT molecular complexity index is 1100. The fraction of sp³-hybridized carbons (Fsp3) is 0.462. The van der Waals surface area contributed by atoms with Crippen molar-refractivity contribution in [2.45, 2.75) is 42.8 Å². The molecule has 2 fully saturated rings. The van der Waals surface area contributed by atoms with Crippen molar-refractivity contribution in [1.82, 2.24) is 30.0 Å². The quantitative estimate of drug-likeness (QED) is 0.481. The maximum absolute atomic E-state index is 13.0. The predicted octanol–water partition coefficient (Wildman–Crippen LogP) is 3.57. The number of pyridine rings is 1. The summed E-state index contributed by atoms with van der Waals surface area (Å²) in [6, 6.07) is 13.8. The molecule has 5 rings (SSSR count). The van der Waals surface area contributed by atoms with E-state index >= 15 is 0 Å². The molecule has 0 atom stereocenters. The van der Waals surface area contributed by atoms with Gasteiger partial charge in [0.05, 0.1) is 19.0 Å². The third kappa shape index (κ3) is 5.58. The summed E-state index contributed by atoms with van der Waals surface area (Å²) in [5.74, 6) is 1.05. The van der Waals surface area contributed by atoms with E-state index in [0.29, 0.717) is 17.5 Å². The van der Waals surface area contributed by atoms with Crippen LogP contribution in [0.25, 0.3) is 17.1 Å². The minimum atomic E-state index is 0.0290. The van der Waals surface area contributed by atoms with Gasteiger partial charge in [-0.15, -0.1) is 10.2 Å². The second kappa shape index (κ2) is 11.3. The fourth-order valence-electron chi connectivity index (χ4n) is 5.16. The number of ether oxygens (including phenoxy) is 1. The Morgan fingerprint density at radius 1 is 1.00 bits per heavy atom. The van der Waals surface area contributed by atoms with Crippen LogP contribution < -0.4 is 5.32 Å². The van der Waals surface area contributed by atoms with Crippen molar-refractivity contribution in [3.63, 3.8) is 0 Å². The van der Waals surface area contributed by atoms with Gasteiger partial charge in [-0.25, -0.2) is 0 Å². The van der Waals surface area contributed by atoms with Crippen molar-refractivity contribution in [3.8, 4) is 17.1 Å². The summed E-state index contributed by atoms with van der Waals surface area (Å²) in [5, 5.41) is 12.8. The number of hydrogen-bond donors (Lipinski definition) is 1. The van der Waals surface area contributed by atoms with Crippen LogP contribution in [0.5, 0.6) is 0 Å². The second-order valence-electron chi connectivity index (χ2n) is 9.16. The van der Waals surface area contributed by atoms with Crippen LogP contribution in [0.4, 0.5) is 0 Å². The lowest BCUT2D eigenvalue weighted by atomic mass is 9.79. The number of morpholine rings is 1. The number of hydrogen-bond acceptors (Lipinski definition) is 7. The van der Waals surface area contributed by atoms with Gasteiger partial charge in [0.15, 0.2) is 11.0 Å². The van der Waals surface area contributed by atoms with Gasteiger partial charge in [-0.2, -0.15) is 0 Å². The van der Waals surface area contributed by atoms with Gasteiger partial charge in [-0.1, -0.05) is 49.2 Å². The molecule has 1 saturated carbocycles. The molecule has 9 heteroatoms. The molecule has 1 aliphatic carbocycles. The number of carbonyl (C=O) groups is 1. The molecule has 35 heavy (non-hydrogen) atoms. The Hall–Kier alpha value is -2.75. The standard InChI is InChI=1S/C26H32N6O2S/c33-23(28-20-26(11-5-2-6-12-26)31-15-17-34-18-16-31)19-35-25-30-29-24(21-9-13-27-14-10-21)32(25)22-7-3-1-4-8-22/h1,3-4,7-10,13-14H,2,5-6,11-12,15-20H2,(H,28,33). The van der Waals surface area contributed by atoms with E-state index in [0.717, 1.165) is 56.2 Å². The van der Waals surface area contributed by atoms with E-state index in [1.807, 2.05) is 47.0 Å². The van der Waals surface area contributed by atoms with E-state index in [4.69, 9.17) is 4.74 Å². The molecule has 184 valence electrons. The highest BCUT2D eigenvalue weighted by Crippen LogP contribution is 2.34. The van der Waals surface area contributed by atoms with E-state index in [9.17, 15) is 4.79 Å². The first-order valence-corrected chi connectivity index (χ1v) is 13.4. The van der Waals surface area contributed by atoms with Gasteiger partial charge in [0.25, 0.3) is 0 Å². The Labute approximate surface area is 210 Å². The molecule has 1 amide bonds. The van der Waals surface area contributed by atoms with Crippen LogP contribution in [-0.2, 0) is 9.53 Å². The van der Waals surface area contributed by atoms with Crippen molar-refractivity contribution < 1.29 is 9.53 Å². The van der Waals surface area contributed by atoms with E-state index in [1.54, 1.807) is 12.4 Å². The smallest absolute Gasteiger partial charge is 0.230 e. The molecule has 0 bridgehead atoms. The van der Waals surface area contributed by atoms with E-state index in [2.05, 4.69) is 25.4 Å². The van der Waals surface area contributed by atoms with Crippen molar-refractivity contribution in [1.29, 1.82) is 0 Å². The van der Waals surface area contributed by atoms with Crippen LogP contribution >= 0.6 is 11.8 Å². The number of thioether (sulfide) groups is 1. The number of nitrogens with one attached hydrogen (secondary N) is 1. The van der Waals surface area contributed by atoms with Gasteiger partial charge in [0.2, 0.25) is 5.91 Å². The summed E-state index contributed by atoms with van der Waals surface area (Å²) in [4.78, 5) is 19.6. The average Bonchev–Trinajstić information content (AvgIpc) is 3.37. The van der Waals surface area contributed by atoms with Gasteiger partial charge in [0, 0.05) is 48.8 Å². The van der Waals surface area contributed by atoms with Crippen LogP contribution in [0.2, 0.25) is 0 Å². The highest BCUT2D eigenvalue weighted by molar-refractivity contribution is 7.99. The van der Waals surface area contributed by atoms with Crippen LogP contribution in [0, 0.1) is 0 Å². The molecule has 1 N–H and O–H groups in total. The first kappa shape index (κ1) is 24.0. The highest BCUT2D eigenvalue weighted by atomic mass is 32.2. The molecule has 0 spiro atoms. The van der Waals surface area contributed by atoms with Crippen molar-refractivity contribution in [3.05, 3.63) is 54.9 Å². The lowest BCUT2D eigenvalue weighted by molar-refractivity contribution is -0.119. The van der Waals surface area contributed by atoms with E-state index in [1.165, 1.54) is 31.0 Å². The summed E-state index contributed by atoms with van der Waals surface area (Å²) >= 11 is 1.41. The highest BCUT2D eigenvalue weighted by Gasteiger charge is 2.38. The number of para-hydroxylation sites is 1. The van der Waals surface area contributed by atoms with Crippen LogP contribution in [0.3, 0.4) is 0 Å². The largest absolute Gasteiger partial charge is 0.379 e. The molecule has 2 aliphatic rings. The lowest BCUT2D eigenvalue weighted by Gasteiger charge is -2.48. The third-order valence-corrected chi connectivity index (χ3v) is 7.93. The molecular weight excluding hydrogens is 460 g/mol. The lowest BCUT2D eigenvalue weighted by Crippen LogP contribution is -2.59. The Morgan fingerprint density at radius 3 is 2.49 bits per heavy atom. The maximum atomic E-state index is 13.0. The molecule has 2 aromatic heterocycles. The summed E-state index contributed by atoms with van der Waals surface area (Å²) in [7, 11) is 0. The zero-order valence-electron chi connectivity index (χ0n) is 19.9. The van der Waals surface area contributed by atoms with Crippen molar-refractivity contribution in [2.75, 3.05) is 38.6 Å². The number of carbonyl (C=O) groups excluding carboxylic acids is 1. The molecule has 1 saturated heterocycles. The first-order chi connectivity index (χ1) is 17.3. The fourth-order valence-corrected chi connectivity index (χ4v) is 5.94. The predicted molar refractivity (Wildman–Crippen MR) is 137 cm³/mol.